The molecule has 0 spiro atoms. The Morgan fingerprint density at radius 3 is 2.81 bits per heavy atom. The van der Waals surface area contributed by atoms with Crippen LogP contribution in [0.15, 0.2) is 54.0 Å². The average Bonchev–Trinajstić information content (AvgIpc) is 2.96. The van der Waals surface area contributed by atoms with E-state index in [-0.39, 0.29) is 0 Å². The Labute approximate surface area is 179 Å². The van der Waals surface area contributed by atoms with Gasteiger partial charge in [-0.2, -0.15) is 0 Å². The molecule has 3 rings (SSSR count). The highest BCUT2D eigenvalue weighted by atomic mass is 123. The summed E-state index contributed by atoms with van der Waals surface area (Å²) in [4.78, 5) is 23.0. The first-order chi connectivity index (χ1) is 12.8. The fraction of sp³-hybridized carbons (Fsp3) is 0.105. The van der Waals surface area contributed by atoms with Gasteiger partial charge in [0, 0.05) is 26.2 Å². The highest BCUT2D eigenvalue weighted by molar-refractivity contribution is 14.1. The zero-order valence-corrected chi connectivity index (χ0v) is 18.9. The summed E-state index contributed by atoms with van der Waals surface area (Å²) in [5.74, 6) is -0.514. The van der Waals surface area contributed by atoms with Gasteiger partial charge in [-0.3, -0.25) is 9.36 Å². The van der Waals surface area contributed by atoms with E-state index in [0.717, 1.165) is 19.2 Å². The molecule has 2 N–H and O–H groups in total. The smallest absolute Gasteiger partial charge is 0.241 e. The maximum absolute atomic E-state index is 12.8. The molecule has 0 fully saturated rings. The number of benzene rings is 2. The van der Waals surface area contributed by atoms with Gasteiger partial charge in [-0.1, -0.05) is 23.7 Å². The van der Waals surface area contributed by atoms with Crippen molar-refractivity contribution in [3.8, 4) is 0 Å². The topological polar surface area (TPSA) is 66.4 Å². The molecule has 2 unspecified atom stereocenters. The number of carbonyl (C=O) groups is 1. The molecule has 2 aromatic carbocycles. The van der Waals surface area contributed by atoms with Crippen molar-refractivity contribution in [3.63, 3.8) is 0 Å². The molecule has 0 bridgehead atoms. The summed E-state index contributed by atoms with van der Waals surface area (Å²) >= 11 is 9.59. The van der Waals surface area contributed by atoms with Gasteiger partial charge in [0.25, 0.3) is 0 Å². The van der Waals surface area contributed by atoms with Gasteiger partial charge in [0.2, 0.25) is 13.3 Å². The summed E-state index contributed by atoms with van der Waals surface area (Å²) in [6.07, 6.45) is 3.16. The molecule has 1 aromatic heterocycles. The summed E-state index contributed by atoms with van der Waals surface area (Å²) in [6, 6.07) is 13.0. The number of fused-ring (bicyclic) bond motifs is 1. The van der Waals surface area contributed by atoms with E-state index in [0.29, 0.717) is 10.6 Å². The molecule has 0 aliphatic heterocycles. The molecular formula is C19H16ClINO3PS. The molecule has 1 amide bonds. The van der Waals surface area contributed by atoms with E-state index >= 15 is 0 Å². The van der Waals surface area contributed by atoms with E-state index in [2.05, 4.69) is 27.9 Å². The summed E-state index contributed by atoms with van der Waals surface area (Å²) in [5.41, 5.74) is 0.266. The molecule has 27 heavy (non-hydrogen) atoms. The molecule has 2 atom stereocenters. The minimum Gasteiger partial charge on any atom is -0.344 e. The van der Waals surface area contributed by atoms with Crippen LogP contribution in [0.1, 0.15) is 16.8 Å². The number of rotatable bonds is 5. The normalized spacial score (nSPS) is 15.0. The van der Waals surface area contributed by atoms with Crippen molar-refractivity contribution in [2.75, 3.05) is 6.66 Å². The maximum atomic E-state index is 12.8. The van der Waals surface area contributed by atoms with Crippen LogP contribution in [-0.4, -0.2) is 17.5 Å². The van der Waals surface area contributed by atoms with Crippen molar-refractivity contribution in [1.82, 2.24) is 5.32 Å². The molecule has 8 heteroatoms. The predicted octanol–water partition coefficient (Wildman–Crippen LogP) is 5.89. The van der Waals surface area contributed by atoms with Gasteiger partial charge < -0.3 is 10.2 Å². The van der Waals surface area contributed by atoms with Gasteiger partial charge in [-0.15, -0.1) is 11.3 Å². The van der Waals surface area contributed by atoms with Crippen LogP contribution in [0, 0.1) is 3.57 Å². The first-order valence-electron chi connectivity index (χ1n) is 7.95. The van der Waals surface area contributed by atoms with E-state index in [1.807, 2.05) is 24.3 Å². The molecule has 0 radical (unpaired) electrons. The number of hydrogen-bond acceptors (Lipinski definition) is 3. The Morgan fingerprint density at radius 1 is 1.33 bits per heavy atom. The lowest BCUT2D eigenvalue weighted by atomic mass is 10.1. The summed E-state index contributed by atoms with van der Waals surface area (Å²) < 4.78 is 14.5. The van der Waals surface area contributed by atoms with Gasteiger partial charge in [0.1, 0.15) is 5.66 Å². The third kappa shape index (κ3) is 5.00. The third-order valence-electron chi connectivity index (χ3n) is 3.94. The monoisotopic (exact) mass is 527 g/mol. The molecule has 4 nitrogen and oxygen atoms in total. The van der Waals surface area contributed by atoms with Crippen LogP contribution in [0.5, 0.6) is 0 Å². The van der Waals surface area contributed by atoms with Gasteiger partial charge in [0.05, 0.1) is 0 Å². The second-order valence-electron chi connectivity index (χ2n) is 6.07. The van der Waals surface area contributed by atoms with Gasteiger partial charge in [-0.25, -0.2) is 0 Å². The first-order valence-corrected chi connectivity index (χ1v) is 12.5. The first kappa shape index (κ1) is 20.6. The SMILES string of the molecule is CP(=O)(O)C(C(=O)NC=Cc1cccc(Cl)c1)c1csc2ccc([123I])cc12. The highest BCUT2D eigenvalue weighted by Crippen LogP contribution is 2.54. The minimum absolute atomic E-state index is 0.514. The third-order valence-corrected chi connectivity index (χ3v) is 7.30. The van der Waals surface area contributed by atoms with Crippen LogP contribution < -0.4 is 5.32 Å². The molecule has 0 aliphatic rings. The van der Waals surface area contributed by atoms with Crippen LogP contribution in [0.2, 0.25) is 5.02 Å². The Hall–Kier alpha value is -1.18. The van der Waals surface area contributed by atoms with E-state index in [1.54, 1.807) is 29.7 Å². The lowest BCUT2D eigenvalue weighted by molar-refractivity contribution is -0.120. The minimum atomic E-state index is -3.72. The maximum Gasteiger partial charge on any atom is 0.241 e. The number of nitrogens with one attached hydrogen (secondary N) is 1. The highest BCUT2D eigenvalue weighted by Gasteiger charge is 2.35. The lowest BCUT2D eigenvalue weighted by Crippen LogP contribution is -2.25. The number of halogens is 2. The van der Waals surface area contributed by atoms with E-state index < -0.39 is 18.9 Å². The van der Waals surface area contributed by atoms with Gasteiger partial charge in [-0.05, 0) is 80.9 Å². The Morgan fingerprint density at radius 2 is 2.11 bits per heavy atom. The number of thiophene rings is 1. The quantitative estimate of drug-likeness (QED) is 0.321. The zero-order chi connectivity index (χ0) is 19.6. The fourth-order valence-electron chi connectivity index (χ4n) is 2.76. The van der Waals surface area contributed by atoms with Crippen LogP contribution in [0.3, 0.4) is 0 Å². The van der Waals surface area contributed by atoms with Crippen molar-refractivity contribution in [2.24, 2.45) is 0 Å². The van der Waals surface area contributed by atoms with E-state index in [1.165, 1.54) is 24.2 Å². The molecule has 1 heterocycles. The average molecular weight is 528 g/mol. The molecule has 3 aromatic rings. The van der Waals surface area contributed by atoms with Crippen molar-refractivity contribution in [2.45, 2.75) is 5.66 Å². The molecule has 0 saturated carbocycles. The molecular weight excluding hydrogens is 512 g/mol. The van der Waals surface area contributed by atoms with Crippen molar-refractivity contribution in [3.05, 3.63) is 73.8 Å². The number of amides is 1. The van der Waals surface area contributed by atoms with Gasteiger partial charge in [0.15, 0.2) is 0 Å². The lowest BCUT2D eigenvalue weighted by Gasteiger charge is -2.18. The van der Waals surface area contributed by atoms with Crippen LogP contribution >= 0.6 is 52.9 Å². The fourth-order valence-corrected chi connectivity index (χ4v) is 5.76. The van der Waals surface area contributed by atoms with Gasteiger partial charge >= 0.3 is 0 Å². The predicted molar refractivity (Wildman–Crippen MR) is 122 cm³/mol. The number of hydrogen-bond donors (Lipinski definition) is 2. The van der Waals surface area contributed by atoms with E-state index in [9.17, 15) is 14.3 Å². The standard InChI is InChI=1S/C19H16ClINO3PS/c1-26(24,25)18(16-11-27-17-6-5-14(21)10-15(16)17)19(23)22-8-7-12-3-2-4-13(20)9-12/h2-11,18H,1H3,(H,22,23)(H,24,25)/i21-4. The molecule has 140 valence electrons. The number of carbonyl (C=O) groups excluding carboxylic acids is 1. The Kier molecular flexibility index (Phi) is 6.43. The van der Waals surface area contributed by atoms with E-state index in [4.69, 9.17) is 11.6 Å². The molecule has 0 saturated heterocycles. The summed E-state index contributed by atoms with van der Waals surface area (Å²) in [5, 5.41) is 5.85. The Bertz CT molecular complexity index is 1080. The second kappa shape index (κ2) is 8.45. The molecule has 0 aliphatic carbocycles. The second-order valence-corrected chi connectivity index (χ2v) is 11.1. The van der Waals surface area contributed by atoms with Crippen LogP contribution in [0.25, 0.3) is 16.2 Å². The summed E-state index contributed by atoms with van der Waals surface area (Å²) in [7, 11) is -3.72. The van der Waals surface area contributed by atoms with Crippen molar-refractivity contribution < 1.29 is 14.3 Å². The van der Waals surface area contributed by atoms with Crippen LogP contribution in [-0.2, 0) is 9.36 Å². The largest absolute Gasteiger partial charge is 0.344 e. The summed E-state index contributed by atoms with van der Waals surface area (Å²) in [6.45, 7) is 1.22. The Balaban J connectivity index is 1.89. The van der Waals surface area contributed by atoms with Crippen LogP contribution in [0.4, 0.5) is 0 Å². The van der Waals surface area contributed by atoms with Crippen molar-refractivity contribution in [1.29, 1.82) is 0 Å². The zero-order valence-electron chi connectivity index (χ0n) is 14.2. The van der Waals surface area contributed by atoms with Crippen molar-refractivity contribution >= 4 is 75.0 Å².